The van der Waals surface area contributed by atoms with Crippen molar-refractivity contribution in [1.82, 2.24) is 29.7 Å². The normalized spacial score (nSPS) is 11.1. The van der Waals surface area contributed by atoms with Gasteiger partial charge in [-0.05, 0) is 42.8 Å². The fourth-order valence-corrected chi connectivity index (χ4v) is 3.95. The number of H-pyrrole nitrogens is 1. The standard InChI is InChI=1S/C25H21F2N9O/c1-13-9-14(12-28)29-19(10-13)31-20-11-18(21-24(32-20)34-25(33-21)23(26)27)30-17-6-4-5-15(22(17)37-3)16-7-8-36(2)35-16/h4-11,23H,1-3H3,(H3,29,30,31,32,33,34). The van der Waals surface area contributed by atoms with E-state index in [1.54, 1.807) is 36.1 Å². The van der Waals surface area contributed by atoms with Gasteiger partial charge in [0.15, 0.2) is 17.2 Å². The molecule has 5 rings (SSSR count). The molecule has 0 bridgehead atoms. The number of aromatic amines is 1. The molecule has 4 heterocycles. The van der Waals surface area contributed by atoms with Crippen LogP contribution >= 0.6 is 0 Å². The zero-order chi connectivity index (χ0) is 26.1. The number of hydrogen-bond donors (Lipinski definition) is 3. The third-order valence-corrected chi connectivity index (χ3v) is 5.50. The van der Waals surface area contributed by atoms with E-state index in [0.29, 0.717) is 34.5 Å². The minimum atomic E-state index is -2.81. The molecule has 0 aliphatic carbocycles. The molecule has 0 amide bonds. The molecule has 37 heavy (non-hydrogen) atoms. The number of rotatable bonds is 7. The summed E-state index contributed by atoms with van der Waals surface area (Å²) in [5.74, 6) is 0.709. The van der Waals surface area contributed by atoms with Crippen molar-refractivity contribution in [2.75, 3.05) is 17.7 Å². The summed E-state index contributed by atoms with van der Waals surface area (Å²) in [6.07, 6.45) is -0.983. The molecule has 3 N–H and O–H groups in total. The zero-order valence-electron chi connectivity index (χ0n) is 20.0. The Morgan fingerprint density at radius 2 is 1.86 bits per heavy atom. The first-order valence-corrected chi connectivity index (χ1v) is 11.1. The van der Waals surface area contributed by atoms with Crippen LogP contribution in [0.3, 0.4) is 0 Å². The van der Waals surface area contributed by atoms with E-state index in [0.717, 1.165) is 11.1 Å². The van der Waals surface area contributed by atoms with Crippen molar-refractivity contribution in [2.24, 2.45) is 7.05 Å². The van der Waals surface area contributed by atoms with Gasteiger partial charge in [-0.2, -0.15) is 10.4 Å². The second-order valence-electron chi connectivity index (χ2n) is 8.21. The predicted octanol–water partition coefficient (Wildman–Crippen LogP) is 5.37. The van der Waals surface area contributed by atoms with Gasteiger partial charge in [-0.1, -0.05) is 6.07 Å². The SMILES string of the molecule is COc1c(Nc2cc(Nc3cc(C)cc(C#N)n3)nc3[nH]c(C(F)F)nc23)cccc1-c1ccn(C)n1. The molecule has 10 nitrogen and oxygen atoms in total. The van der Waals surface area contributed by atoms with Crippen molar-refractivity contribution in [3.8, 4) is 23.1 Å². The lowest BCUT2D eigenvalue weighted by atomic mass is 10.1. The van der Waals surface area contributed by atoms with Gasteiger partial charge in [-0.15, -0.1) is 0 Å². The molecule has 12 heteroatoms. The molecule has 0 spiro atoms. The number of methoxy groups -OCH3 is 1. The van der Waals surface area contributed by atoms with Gasteiger partial charge >= 0.3 is 0 Å². The van der Waals surface area contributed by atoms with Crippen LogP contribution in [0.4, 0.5) is 31.8 Å². The largest absolute Gasteiger partial charge is 0.494 e. The average Bonchev–Trinajstić information content (AvgIpc) is 3.50. The summed E-state index contributed by atoms with van der Waals surface area (Å²) in [6, 6.07) is 14.4. The summed E-state index contributed by atoms with van der Waals surface area (Å²) in [6.45, 7) is 1.84. The van der Waals surface area contributed by atoms with Crippen LogP contribution in [0.2, 0.25) is 0 Å². The number of ether oxygens (including phenoxy) is 1. The number of aryl methyl sites for hydroxylation is 2. The van der Waals surface area contributed by atoms with E-state index < -0.39 is 12.2 Å². The number of hydrogen-bond acceptors (Lipinski definition) is 8. The third-order valence-electron chi connectivity index (χ3n) is 5.50. The number of nitrogens with one attached hydrogen (secondary N) is 3. The molecule has 0 saturated heterocycles. The van der Waals surface area contributed by atoms with Crippen LogP contribution in [0.5, 0.6) is 5.75 Å². The number of imidazole rings is 1. The average molecular weight is 502 g/mol. The molecule has 0 radical (unpaired) electrons. The molecular formula is C25H21F2N9O. The maximum Gasteiger partial charge on any atom is 0.295 e. The summed E-state index contributed by atoms with van der Waals surface area (Å²) < 4.78 is 34.3. The van der Waals surface area contributed by atoms with Gasteiger partial charge in [0, 0.05) is 24.9 Å². The smallest absolute Gasteiger partial charge is 0.295 e. The van der Waals surface area contributed by atoms with E-state index in [2.05, 4.69) is 35.7 Å². The van der Waals surface area contributed by atoms with Crippen molar-refractivity contribution >= 4 is 34.2 Å². The number of fused-ring (bicyclic) bond motifs is 1. The number of aromatic nitrogens is 6. The van der Waals surface area contributed by atoms with E-state index in [4.69, 9.17) is 4.74 Å². The Hall–Kier alpha value is -5.05. The van der Waals surface area contributed by atoms with Crippen LogP contribution in [0.1, 0.15) is 23.5 Å². The van der Waals surface area contributed by atoms with Crippen LogP contribution in [0.25, 0.3) is 22.4 Å². The van der Waals surface area contributed by atoms with Gasteiger partial charge in [-0.25, -0.2) is 23.7 Å². The second-order valence-corrected chi connectivity index (χ2v) is 8.21. The second kappa shape index (κ2) is 9.54. The lowest BCUT2D eigenvalue weighted by Crippen LogP contribution is -2.02. The quantitative estimate of drug-likeness (QED) is 0.272. The third kappa shape index (κ3) is 4.74. The number of para-hydroxylation sites is 1. The molecule has 1 aromatic carbocycles. The highest BCUT2D eigenvalue weighted by Gasteiger charge is 2.19. The van der Waals surface area contributed by atoms with Crippen molar-refractivity contribution in [3.05, 3.63) is 65.7 Å². The van der Waals surface area contributed by atoms with Crippen molar-refractivity contribution in [2.45, 2.75) is 13.3 Å². The number of nitrogens with zero attached hydrogens (tertiary/aromatic N) is 6. The summed E-state index contributed by atoms with van der Waals surface area (Å²) in [4.78, 5) is 15.3. The predicted molar refractivity (Wildman–Crippen MR) is 134 cm³/mol. The monoisotopic (exact) mass is 501 g/mol. The van der Waals surface area contributed by atoms with Crippen LogP contribution < -0.4 is 15.4 Å². The Bertz CT molecular complexity index is 1650. The van der Waals surface area contributed by atoms with Crippen molar-refractivity contribution < 1.29 is 13.5 Å². The number of anilines is 4. The molecule has 186 valence electrons. The fraction of sp³-hybridized carbons (Fsp3) is 0.160. The lowest BCUT2D eigenvalue weighted by Gasteiger charge is -2.15. The van der Waals surface area contributed by atoms with Gasteiger partial charge in [0.2, 0.25) is 0 Å². The fourth-order valence-electron chi connectivity index (χ4n) is 3.95. The molecule has 0 aliphatic rings. The van der Waals surface area contributed by atoms with Crippen LogP contribution in [0.15, 0.2) is 48.7 Å². The number of halogens is 2. The van der Waals surface area contributed by atoms with Gasteiger partial charge in [0.25, 0.3) is 6.43 Å². The topological polar surface area (TPSA) is 129 Å². The Kier molecular flexibility index (Phi) is 6.10. The summed E-state index contributed by atoms with van der Waals surface area (Å²) in [5.41, 5.74) is 3.87. The summed E-state index contributed by atoms with van der Waals surface area (Å²) >= 11 is 0. The van der Waals surface area contributed by atoms with Crippen molar-refractivity contribution in [1.29, 1.82) is 5.26 Å². The molecule has 5 aromatic rings. The minimum absolute atomic E-state index is 0.149. The van der Waals surface area contributed by atoms with Crippen LogP contribution in [-0.4, -0.2) is 36.8 Å². The molecular weight excluding hydrogens is 480 g/mol. The molecule has 0 atom stereocenters. The molecule has 4 aromatic heterocycles. The highest BCUT2D eigenvalue weighted by molar-refractivity contribution is 5.92. The summed E-state index contributed by atoms with van der Waals surface area (Å²) in [7, 11) is 3.36. The number of pyridine rings is 2. The highest BCUT2D eigenvalue weighted by atomic mass is 19.3. The van der Waals surface area contributed by atoms with Gasteiger partial charge in [-0.3, -0.25) is 4.68 Å². The molecule has 0 saturated carbocycles. The van der Waals surface area contributed by atoms with E-state index in [1.165, 1.54) is 0 Å². The van der Waals surface area contributed by atoms with Crippen molar-refractivity contribution in [3.63, 3.8) is 0 Å². The van der Waals surface area contributed by atoms with Crippen LogP contribution in [-0.2, 0) is 7.05 Å². The first kappa shape index (κ1) is 23.7. The Morgan fingerprint density at radius 3 is 2.57 bits per heavy atom. The first-order valence-electron chi connectivity index (χ1n) is 11.1. The van der Waals surface area contributed by atoms with E-state index in [9.17, 15) is 14.0 Å². The van der Waals surface area contributed by atoms with Gasteiger partial charge < -0.3 is 20.4 Å². The number of benzene rings is 1. The molecule has 0 fully saturated rings. The number of nitriles is 1. The number of alkyl halides is 2. The maximum absolute atomic E-state index is 13.5. The Labute approximate surface area is 210 Å². The van der Waals surface area contributed by atoms with E-state index >= 15 is 0 Å². The van der Waals surface area contributed by atoms with Gasteiger partial charge in [0.1, 0.15) is 28.9 Å². The van der Waals surface area contributed by atoms with E-state index in [-0.39, 0.29) is 16.9 Å². The summed E-state index contributed by atoms with van der Waals surface area (Å²) in [5, 5.41) is 20.0. The van der Waals surface area contributed by atoms with E-state index in [1.807, 2.05) is 44.4 Å². The van der Waals surface area contributed by atoms with Gasteiger partial charge in [0.05, 0.1) is 24.2 Å². The van der Waals surface area contributed by atoms with Crippen LogP contribution in [0, 0.1) is 18.3 Å². The molecule has 0 aliphatic heterocycles. The zero-order valence-corrected chi connectivity index (χ0v) is 20.0. The highest BCUT2D eigenvalue weighted by Crippen LogP contribution is 2.39. The Morgan fingerprint density at radius 1 is 1.05 bits per heavy atom. The first-order chi connectivity index (χ1) is 17.8. The Balaban J connectivity index is 1.60. The maximum atomic E-state index is 13.5. The lowest BCUT2D eigenvalue weighted by molar-refractivity contribution is 0.142. The minimum Gasteiger partial charge on any atom is -0.494 e. The molecule has 0 unspecified atom stereocenters.